The number of anilines is 2. The Morgan fingerprint density at radius 3 is 2.76 bits per heavy atom. The minimum atomic E-state index is -1.07. The molecule has 0 bridgehead atoms. The largest absolute Gasteiger partial charge is 0.381 e. The second-order valence-corrected chi connectivity index (χ2v) is 9.16. The number of amides is 2. The van der Waals surface area contributed by atoms with Gasteiger partial charge in [-0.25, -0.2) is 19.2 Å². The molecule has 4 aliphatic rings. The molecule has 2 amide bonds. The number of carbonyl (C=O) groups is 2. The standard InChI is InChI=1S/C21H30F2N8O3/c22-13-7-26-19-16(18(24)28-31(19)10-13)20(32)27-15-9-25-8-14(23)17(15)29-2-4-30(5-3-29)21(33)12-1-6-34-11-12/h8-9,12-13,16,18-19,26,28H,1-7,10-11,24H2,(H,27,32). The molecule has 186 valence electrons. The molecule has 5 rings (SSSR count). The molecule has 4 aliphatic heterocycles. The summed E-state index contributed by atoms with van der Waals surface area (Å²) in [6.45, 7) is 3.05. The molecule has 5 N–H and O–H groups in total. The van der Waals surface area contributed by atoms with Crippen molar-refractivity contribution in [3.63, 3.8) is 0 Å². The second-order valence-electron chi connectivity index (χ2n) is 9.16. The summed E-state index contributed by atoms with van der Waals surface area (Å²) in [4.78, 5) is 33.4. The summed E-state index contributed by atoms with van der Waals surface area (Å²) < 4.78 is 33.9. The van der Waals surface area contributed by atoms with Crippen molar-refractivity contribution in [1.29, 1.82) is 0 Å². The van der Waals surface area contributed by atoms with Crippen LogP contribution in [-0.4, -0.2) is 97.7 Å². The van der Waals surface area contributed by atoms with Crippen molar-refractivity contribution < 1.29 is 23.1 Å². The molecule has 5 atom stereocenters. The quantitative estimate of drug-likeness (QED) is 0.422. The maximum Gasteiger partial charge on any atom is 0.233 e. The molecule has 13 heteroatoms. The molecule has 34 heavy (non-hydrogen) atoms. The Hall–Kier alpha value is -2.45. The second kappa shape index (κ2) is 9.66. The summed E-state index contributed by atoms with van der Waals surface area (Å²) >= 11 is 0. The number of hydrogen-bond acceptors (Lipinski definition) is 9. The van der Waals surface area contributed by atoms with Crippen molar-refractivity contribution in [2.24, 2.45) is 17.6 Å². The van der Waals surface area contributed by atoms with Crippen LogP contribution in [0.15, 0.2) is 12.4 Å². The molecule has 4 saturated heterocycles. The van der Waals surface area contributed by atoms with Crippen LogP contribution in [0.25, 0.3) is 0 Å². The van der Waals surface area contributed by atoms with Gasteiger partial charge in [-0.05, 0) is 6.42 Å². The number of pyridine rings is 1. The highest BCUT2D eigenvalue weighted by Gasteiger charge is 2.47. The van der Waals surface area contributed by atoms with E-state index in [-0.39, 0.29) is 36.3 Å². The molecule has 1 aromatic heterocycles. The summed E-state index contributed by atoms with van der Waals surface area (Å²) in [7, 11) is 0. The number of rotatable bonds is 4. The molecule has 0 spiro atoms. The van der Waals surface area contributed by atoms with Crippen molar-refractivity contribution >= 4 is 23.2 Å². The van der Waals surface area contributed by atoms with E-state index in [4.69, 9.17) is 10.5 Å². The van der Waals surface area contributed by atoms with Crippen LogP contribution >= 0.6 is 0 Å². The van der Waals surface area contributed by atoms with Crippen LogP contribution in [0.4, 0.5) is 20.2 Å². The minimum absolute atomic E-state index is 0.0728. The summed E-state index contributed by atoms with van der Waals surface area (Å²) in [5.41, 5.74) is 9.52. The van der Waals surface area contributed by atoms with Crippen LogP contribution < -0.4 is 26.7 Å². The molecular weight excluding hydrogens is 450 g/mol. The van der Waals surface area contributed by atoms with E-state index in [1.165, 1.54) is 6.20 Å². The van der Waals surface area contributed by atoms with Gasteiger partial charge in [0.2, 0.25) is 11.8 Å². The number of halogens is 2. The molecule has 11 nitrogen and oxygen atoms in total. The highest BCUT2D eigenvalue weighted by Crippen LogP contribution is 2.31. The van der Waals surface area contributed by atoms with Gasteiger partial charge in [-0.1, -0.05) is 0 Å². The van der Waals surface area contributed by atoms with Crippen LogP contribution in [0.3, 0.4) is 0 Å². The molecule has 4 fully saturated rings. The molecular formula is C21H30F2N8O3. The molecule has 0 saturated carbocycles. The summed E-state index contributed by atoms with van der Waals surface area (Å²) in [6, 6.07) is 0. The first-order valence-corrected chi connectivity index (χ1v) is 11.6. The number of hydrazine groups is 1. The molecule has 5 heterocycles. The van der Waals surface area contributed by atoms with Gasteiger partial charge in [0, 0.05) is 45.9 Å². The zero-order chi connectivity index (χ0) is 23.8. The van der Waals surface area contributed by atoms with Gasteiger partial charge in [0.25, 0.3) is 0 Å². The fourth-order valence-electron chi connectivity index (χ4n) is 5.17. The van der Waals surface area contributed by atoms with Crippen LogP contribution in [0, 0.1) is 17.7 Å². The monoisotopic (exact) mass is 480 g/mol. The fraction of sp³-hybridized carbons (Fsp3) is 0.667. The molecule has 0 radical (unpaired) electrons. The lowest BCUT2D eigenvalue weighted by atomic mass is 10.0. The third kappa shape index (κ3) is 4.45. The number of alkyl halides is 1. The first kappa shape index (κ1) is 23.3. The van der Waals surface area contributed by atoms with E-state index in [0.29, 0.717) is 39.4 Å². The summed E-state index contributed by atoms with van der Waals surface area (Å²) in [6.07, 6.45) is 0.978. The van der Waals surface area contributed by atoms with Crippen LogP contribution in [0.2, 0.25) is 0 Å². The Morgan fingerprint density at radius 1 is 1.24 bits per heavy atom. The number of aromatic nitrogens is 1. The third-order valence-electron chi connectivity index (χ3n) is 6.94. The zero-order valence-electron chi connectivity index (χ0n) is 18.8. The first-order valence-electron chi connectivity index (χ1n) is 11.6. The lowest BCUT2D eigenvalue weighted by molar-refractivity contribution is -0.135. The van der Waals surface area contributed by atoms with E-state index in [1.807, 2.05) is 4.90 Å². The van der Waals surface area contributed by atoms with Crippen molar-refractivity contribution in [2.75, 3.05) is 62.7 Å². The highest BCUT2D eigenvalue weighted by atomic mass is 19.1. The van der Waals surface area contributed by atoms with E-state index in [0.717, 1.165) is 12.6 Å². The van der Waals surface area contributed by atoms with Gasteiger partial charge in [0.05, 0.1) is 48.9 Å². The van der Waals surface area contributed by atoms with E-state index in [9.17, 15) is 18.4 Å². The Labute approximate surface area is 195 Å². The number of carbonyl (C=O) groups excluding carboxylic acids is 2. The topological polar surface area (TPSA) is 128 Å². The van der Waals surface area contributed by atoms with Crippen molar-refractivity contribution in [3.8, 4) is 0 Å². The lowest BCUT2D eigenvalue weighted by Crippen LogP contribution is -2.58. The van der Waals surface area contributed by atoms with E-state index >= 15 is 0 Å². The Morgan fingerprint density at radius 2 is 2.03 bits per heavy atom. The fourth-order valence-corrected chi connectivity index (χ4v) is 5.17. The van der Waals surface area contributed by atoms with Crippen molar-refractivity contribution in [1.82, 2.24) is 25.6 Å². The van der Waals surface area contributed by atoms with Crippen LogP contribution in [0.5, 0.6) is 0 Å². The van der Waals surface area contributed by atoms with Gasteiger partial charge in [0.15, 0.2) is 5.82 Å². The lowest BCUT2D eigenvalue weighted by Gasteiger charge is -2.38. The van der Waals surface area contributed by atoms with Gasteiger partial charge in [-0.15, -0.1) is 0 Å². The molecule has 1 aromatic rings. The Bertz CT molecular complexity index is 925. The van der Waals surface area contributed by atoms with Crippen LogP contribution in [0.1, 0.15) is 6.42 Å². The van der Waals surface area contributed by atoms with Gasteiger partial charge in [0.1, 0.15) is 11.9 Å². The summed E-state index contributed by atoms with van der Waals surface area (Å²) in [5.74, 6) is -1.73. The van der Waals surface area contributed by atoms with Gasteiger partial charge < -0.3 is 25.6 Å². The maximum atomic E-state index is 14.9. The number of nitrogens with one attached hydrogen (secondary N) is 3. The van der Waals surface area contributed by atoms with Gasteiger partial charge in [-0.3, -0.25) is 19.9 Å². The number of nitrogens with zero attached hydrogens (tertiary/aromatic N) is 4. The number of fused-ring (bicyclic) bond motifs is 1. The van der Waals surface area contributed by atoms with E-state index < -0.39 is 36.1 Å². The van der Waals surface area contributed by atoms with E-state index in [2.05, 4.69) is 21.0 Å². The summed E-state index contributed by atoms with van der Waals surface area (Å²) in [5, 5.41) is 7.39. The first-order chi connectivity index (χ1) is 16.4. The smallest absolute Gasteiger partial charge is 0.233 e. The van der Waals surface area contributed by atoms with Crippen LogP contribution in [-0.2, 0) is 14.3 Å². The number of hydrogen-bond donors (Lipinski definition) is 4. The molecule has 0 aliphatic carbocycles. The van der Waals surface area contributed by atoms with Crippen molar-refractivity contribution in [3.05, 3.63) is 18.2 Å². The van der Waals surface area contributed by atoms with Gasteiger partial charge in [-0.2, -0.15) is 0 Å². The van der Waals surface area contributed by atoms with E-state index in [1.54, 1.807) is 9.91 Å². The average molecular weight is 481 g/mol. The number of ether oxygens (including phenoxy) is 1. The van der Waals surface area contributed by atoms with Gasteiger partial charge >= 0.3 is 0 Å². The predicted molar refractivity (Wildman–Crippen MR) is 119 cm³/mol. The third-order valence-corrected chi connectivity index (χ3v) is 6.94. The maximum absolute atomic E-state index is 14.9. The normalized spacial score (nSPS) is 32.0. The highest BCUT2D eigenvalue weighted by molar-refractivity contribution is 5.96. The SMILES string of the molecule is NC1NN2CC(F)CNC2C1C(=O)Nc1cncc(F)c1N1CCN(C(=O)C2CCOC2)CC1. The number of nitrogens with two attached hydrogens (primary N) is 1. The molecule has 0 aromatic carbocycles. The minimum Gasteiger partial charge on any atom is -0.381 e. The Balaban J connectivity index is 1.27. The number of piperazine rings is 1. The zero-order valence-corrected chi connectivity index (χ0v) is 18.8. The van der Waals surface area contributed by atoms with Crippen molar-refractivity contribution in [2.45, 2.75) is 24.9 Å². The molecule has 5 unspecified atom stereocenters. The Kier molecular flexibility index (Phi) is 6.62. The predicted octanol–water partition coefficient (Wildman–Crippen LogP) is -1.17. The average Bonchev–Trinajstić information content (AvgIpc) is 3.46.